The van der Waals surface area contributed by atoms with Gasteiger partial charge in [0.15, 0.2) is 0 Å². The first-order chi connectivity index (χ1) is 19.5. The summed E-state index contributed by atoms with van der Waals surface area (Å²) in [6, 6.07) is 16.5. The number of hydrogen-bond donors (Lipinski definition) is 1. The number of aromatic nitrogens is 4. The van der Waals surface area contributed by atoms with E-state index in [0.717, 1.165) is 56.0 Å². The van der Waals surface area contributed by atoms with Gasteiger partial charge in [0.05, 0.1) is 33.9 Å². The number of carboxylic acid groups (broad SMARTS) is 1. The van der Waals surface area contributed by atoms with Crippen LogP contribution in [0.25, 0.3) is 33.3 Å². The van der Waals surface area contributed by atoms with Crippen molar-refractivity contribution in [2.75, 3.05) is 0 Å². The van der Waals surface area contributed by atoms with Crippen molar-refractivity contribution in [1.29, 1.82) is 0 Å². The molecule has 2 saturated carbocycles. The third-order valence-electron chi connectivity index (χ3n) is 9.04. The fourth-order valence-electron chi connectivity index (χ4n) is 6.76. The van der Waals surface area contributed by atoms with Gasteiger partial charge >= 0.3 is 5.97 Å². The van der Waals surface area contributed by atoms with Gasteiger partial charge in [-0.1, -0.05) is 48.3 Å². The van der Waals surface area contributed by atoms with Gasteiger partial charge in [0, 0.05) is 35.3 Å². The van der Waals surface area contributed by atoms with Gasteiger partial charge in [-0.2, -0.15) is 0 Å². The Morgan fingerprint density at radius 2 is 1.82 bits per heavy atom. The number of hydrogen-bond acceptors (Lipinski definition) is 5. The minimum atomic E-state index is -0.736. The molecule has 0 aliphatic heterocycles. The van der Waals surface area contributed by atoms with Crippen LogP contribution in [0.3, 0.4) is 0 Å². The molecule has 0 bridgehead atoms. The van der Waals surface area contributed by atoms with Gasteiger partial charge in [-0.25, -0.2) is 0 Å². The number of nitrogens with zero attached hydrogens (tertiary/aromatic N) is 4. The van der Waals surface area contributed by atoms with Crippen LogP contribution in [0.5, 0.6) is 0 Å². The van der Waals surface area contributed by atoms with Crippen molar-refractivity contribution in [2.24, 2.45) is 5.92 Å². The van der Waals surface area contributed by atoms with Crippen LogP contribution in [-0.4, -0.2) is 30.8 Å². The molecular weight excluding hydrogens is 500 g/mol. The van der Waals surface area contributed by atoms with Crippen molar-refractivity contribution < 1.29 is 14.4 Å². The van der Waals surface area contributed by atoms with Crippen LogP contribution >= 0.6 is 0 Å². The molecule has 7 nitrogen and oxygen atoms in total. The van der Waals surface area contributed by atoms with Crippen molar-refractivity contribution in [1.82, 2.24) is 19.7 Å². The number of pyridine rings is 2. The lowest BCUT2D eigenvalue weighted by molar-refractivity contribution is -0.140. The second-order valence-electron chi connectivity index (χ2n) is 11.4. The molecule has 4 aromatic heterocycles. The number of aryl methyl sites for hydroxylation is 2. The summed E-state index contributed by atoms with van der Waals surface area (Å²) < 4.78 is 7.87. The van der Waals surface area contributed by atoms with Gasteiger partial charge in [0.2, 0.25) is 0 Å². The predicted octanol–water partition coefficient (Wildman–Crippen LogP) is 7.27. The molecule has 1 atom stereocenters. The second kappa shape index (κ2) is 9.44. The highest BCUT2D eigenvalue weighted by Crippen LogP contribution is 2.49. The summed E-state index contributed by atoms with van der Waals surface area (Å²) in [7, 11) is 0. The molecule has 2 fully saturated rings. The van der Waals surface area contributed by atoms with Gasteiger partial charge < -0.3 is 14.2 Å². The number of fused-ring (bicyclic) bond motifs is 1. The molecule has 7 rings (SSSR count). The molecule has 0 radical (unpaired) electrons. The summed E-state index contributed by atoms with van der Waals surface area (Å²) in [5.41, 5.74) is 8.04. The Morgan fingerprint density at radius 3 is 2.45 bits per heavy atom. The van der Waals surface area contributed by atoms with E-state index in [1.165, 1.54) is 25.7 Å². The average molecular weight is 533 g/mol. The van der Waals surface area contributed by atoms with Crippen molar-refractivity contribution in [3.05, 3.63) is 89.8 Å². The summed E-state index contributed by atoms with van der Waals surface area (Å²) in [6.07, 6.45) is 12.2. The Labute approximate surface area is 232 Å². The van der Waals surface area contributed by atoms with E-state index in [1.54, 1.807) is 0 Å². The van der Waals surface area contributed by atoms with Gasteiger partial charge in [0.1, 0.15) is 5.76 Å². The molecule has 40 heavy (non-hydrogen) atoms. The molecule has 7 heteroatoms. The van der Waals surface area contributed by atoms with E-state index in [0.29, 0.717) is 18.8 Å². The minimum Gasteiger partial charge on any atom is -0.481 e. The molecular formula is C33H32N4O3. The number of carboxylic acids is 1. The van der Waals surface area contributed by atoms with Gasteiger partial charge in [0.25, 0.3) is 0 Å². The van der Waals surface area contributed by atoms with Crippen molar-refractivity contribution in [3.63, 3.8) is 0 Å². The number of rotatable bonds is 7. The summed E-state index contributed by atoms with van der Waals surface area (Å²) in [5, 5.41) is 14.0. The van der Waals surface area contributed by atoms with Crippen LogP contribution in [0, 0.1) is 19.8 Å². The first kappa shape index (κ1) is 24.8. The molecule has 1 unspecified atom stereocenters. The van der Waals surface area contributed by atoms with E-state index in [4.69, 9.17) is 14.5 Å². The first-order valence-corrected chi connectivity index (χ1v) is 14.2. The Morgan fingerprint density at radius 1 is 1.05 bits per heavy atom. The van der Waals surface area contributed by atoms with Crippen LogP contribution in [0.1, 0.15) is 67.3 Å². The maximum atomic E-state index is 11.9. The largest absolute Gasteiger partial charge is 0.481 e. The highest BCUT2D eigenvalue weighted by molar-refractivity contribution is 5.95. The molecule has 2 aliphatic carbocycles. The van der Waals surface area contributed by atoms with E-state index in [1.807, 2.05) is 56.6 Å². The Kier molecular flexibility index (Phi) is 5.84. The van der Waals surface area contributed by atoms with E-state index in [-0.39, 0.29) is 6.04 Å². The van der Waals surface area contributed by atoms with Gasteiger partial charge in [-0.3, -0.25) is 14.8 Å². The molecule has 1 aromatic carbocycles. The third kappa shape index (κ3) is 3.95. The number of benzene rings is 1. The highest BCUT2D eigenvalue weighted by atomic mass is 16.5. The normalized spacial score (nSPS) is 17.4. The minimum absolute atomic E-state index is 0.0858. The maximum Gasteiger partial charge on any atom is 0.314 e. The van der Waals surface area contributed by atoms with Crippen LogP contribution in [0.4, 0.5) is 0 Å². The van der Waals surface area contributed by atoms with Crippen molar-refractivity contribution in [2.45, 2.75) is 63.8 Å². The maximum absolute atomic E-state index is 11.9. The van der Waals surface area contributed by atoms with Gasteiger partial charge in [-0.15, -0.1) is 0 Å². The van der Waals surface area contributed by atoms with E-state index < -0.39 is 11.4 Å². The number of carbonyl (C=O) groups is 1. The van der Waals surface area contributed by atoms with Crippen LogP contribution in [-0.2, 0) is 10.2 Å². The summed E-state index contributed by atoms with van der Waals surface area (Å²) in [6.45, 7) is 3.89. The SMILES string of the molecule is Cc1noc(C)c1-c1cnc2c(-c3ccc(C4(C(=O)O)CC4)cc3)cn(C(c3ccccn3)C3CCCC3)c2c1. The lowest BCUT2D eigenvalue weighted by Gasteiger charge is -2.26. The number of aliphatic carboxylic acids is 1. The molecule has 2 aliphatic rings. The molecule has 0 spiro atoms. The molecule has 0 amide bonds. The molecule has 0 saturated heterocycles. The second-order valence-corrected chi connectivity index (χ2v) is 11.4. The zero-order chi connectivity index (χ0) is 27.4. The van der Waals surface area contributed by atoms with Crippen LogP contribution in [0.2, 0.25) is 0 Å². The lowest BCUT2D eigenvalue weighted by atomic mass is 9.94. The monoisotopic (exact) mass is 532 g/mol. The molecule has 1 N–H and O–H groups in total. The Hall–Kier alpha value is -4.26. The van der Waals surface area contributed by atoms with E-state index >= 15 is 0 Å². The van der Waals surface area contributed by atoms with Crippen LogP contribution < -0.4 is 0 Å². The Bertz CT molecular complexity index is 1690. The van der Waals surface area contributed by atoms with Crippen LogP contribution in [0.15, 0.2) is 71.6 Å². The standard InChI is InChI=1S/C33H32N4O3/c1-20-29(21(2)40-36-20)24-17-28-30(35-18-24)26(22-10-12-25(13-11-22)33(14-15-33)32(38)39)19-37(28)31(23-7-3-4-8-23)27-9-5-6-16-34-27/h5-6,9-13,16-19,23,31H,3-4,7-8,14-15H2,1-2H3,(H,38,39). The van der Waals surface area contributed by atoms with Gasteiger partial charge in [-0.05, 0) is 74.8 Å². The summed E-state index contributed by atoms with van der Waals surface area (Å²) >= 11 is 0. The van der Waals surface area contributed by atoms with E-state index in [2.05, 4.69) is 34.1 Å². The third-order valence-corrected chi connectivity index (χ3v) is 9.04. The predicted molar refractivity (Wildman–Crippen MR) is 153 cm³/mol. The average Bonchev–Trinajstić information content (AvgIpc) is 3.27. The fraction of sp³-hybridized carbons (Fsp3) is 0.333. The van der Waals surface area contributed by atoms with Crippen molar-refractivity contribution in [3.8, 4) is 22.3 Å². The zero-order valence-electron chi connectivity index (χ0n) is 22.8. The molecule has 202 valence electrons. The first-order valence-electron chi connectivity index (χ1n) is 14.2. The lowest BCUT2D eigenvalue weighted by Crippen LogP contribution is -2.19. The quantitative estimate of drug-likeness (QED) is 0.237. The smallest absolute Gasteiger partial charge is 0.314 e. The summed E-state index contributed by atoms with van der Waals surface area (Å²) in [4.78, 5) is 21.8. The molecule has 5 aromatic rings. The topological polar surface area (TPSA) is 94.0 Å². The van der Waals surface area contributed by atoms with E-state index in [9.17, 15) is 9.90 Å². The zero-order valence-corrected chi connectivity index (χ0v) is 22.8. The highest BCUT2D eigenvalue weighted by Gasteiger charge is 2.51. The molecule has 4 heterocycles. The fourth-order valence-corrected chi connectivity index (χ4v) is 6.76. The summed E-state index contributed by atoms with van der Waals surface area (Å²) in [5.74, 6) is 0.519. The van der Waals surface area contributed by atoms with Crippen molar-refractivity contribution >= 4 is 17.0 Å². The Balaban J connectivity index is 1.42.